The molecule has 1 saturated heterocycles. The smallest absolute Gasteiger partial charge is 0.330 e. The average Bonchev–Trinajstić information content (AvgIpc) is 2.57. The van der Waals surface area contributed by atoms with Crippen molar-refractivity contribution >= 4 is 22.6 Å². The molecule has 0 bridgehead atoms. The van der Waals surface area contributed by atoms with Crippen LogP contribution in [0.2, 0.25) is 0 Å². The minimum absolute atomic E-state index is 0.324. The SMILES string of the molecule is O=c1ccn([C@@H]2O[C@H](CO)[C@@H](O)[C@H]2[123I])c(=O)[nH]1. The van der Waals surface area contributed by atoms with Crippen LogP contribution in [0.25, 0.3) is 0 Å². The maximum absolute atomic E-state index is 11.6. The summed E-state index contributed by atoms with van der Waals surface area (Å²) in [5.74, 6) is 0. The first-order chi connectivity index (χ1) is 8.04. The zero-order chi connectivity index (χ0) is 12.6. The number of halogens is 1. The molecule has 4 atom stereocenters. The number of aliphatic hydroxyl groups excluding tert-OH is 2. The van der Waals surface area contributed by atoms with Gasteiger partial charge in [-0.25, -0.2) is 4.79 Å². The van der Waals surface area contributed by atoms with Crippen LogP contribution in [0.1, 0.15) is 6.23 Å². The second-order valence-corrected chi connectivity index (χ2v) is 5.14. The van der Waals surface area contributed by atoms with Gasteiger partial charge in [-0.15, -0.1) is 0 Å². The fourth-order valence-corrected chi connectivity index (χ4v) is 2.69. The van der Waals surface area contributed by atoms with Crippen LogP contribution in [0.15, 0.2) is 21.9 Å². The molecule has 0 saturated carbocycles. The largest absolute Gasteiger partial charge is 0.394 e. The highest BCUT2D eigenvalue weighted by Gasteiger charge is 2.43. The molecule has 2 heterocycles. The number of ether oxygens (including phenoxy) is 1. The van der Waals surface area contributed by atoms with E-state index in [1.807, 2.05) is 22.6 Å². The quantitative estimate of drug-likeness (QED) is 0.449. The van der Waals surface area contributed by atoms with E-state index in [0.29, 0.717) is 0 Å². The molecule has 0 aliphatic carbocycles. The van der Waals surface area contributed by atoms with E-state index < -0.39 is 29.7 Å². The Bertz CT molecular complexity index is 513. The first-order valence-electron chi connectivity index (χ1n) is 4.94. The number of rotatable bonds is 2. The minimum Gasteiger partial charge on any atom is -0.394 e. The van der Waals surface area contributed by atoms with Gasteiger partial charge in [0.15, 0.2) is 6.23 Å². The standard InChI is InChI=1S/C9H11IN2O5/c10-6-7(15)4(3-13)17-8(6)12-2-1-5(14)11-9(12)16/h1-2,4,6-8,13,15H,3H2,(H,11,14,16)/t4-,6-,7-,8-/m1/s1/i10-4. The van der Waals surface area contributed by atoms with E-state index in [1.165, 1.54) is 16.8 Å². The highest BCUT2D eigenvalue weighted by Crippen LogP contribution is 2.33. The molecule has 1 fully saturated rings. The van der Waals surface area contributed by atoms with Gasteiger partial charge in [-0.2, -0.15) is 0 Å². The number of nitrogens with zero attached hydrogens (tertiary/aromatic N) is 1. The lowest BCUT2D eigenvalue weighted by Crippen LogP contribution is -2.35. The molecule has 1 aromatic rings. The van der Waals surface area contributed by atoms with Crippen LogP contribution in [-0.2, 0) is 4.74 Å². The van der Waals surface area contributed by atoms with Gasteiger partial charge in [-0.1, -0.05) is 22.6 Å². The molecular weight excluding hydrogens is 339 g/mol. The molecule has 0 unspecified atom stereocenters. The summed E-state index contributed by atoms with van der Waals surface area (Å²) in [6.45, 7) is -0.324. The van der Waals surface area contributed by atoms with Gasteiger partial charge >= 0.3 is 5.69 Å². The van der Waals surface area contributed by atoms with Gasteiger partial charge in [0.05, 0.1) is 16.6 Å². The molecule has 2 rings (SSSR count). The van der Waals surface area contributed by atoms with Crippen molar-refractivity contribution in [3.05, 3.63) is 33.1 Å². The molecule has 1 aliphatic heterocycles. The Balaban J connectivity index is 2.35. The lowest BCUT2D eigenvalue weighted by molar-refractivity contribution is -0.0456. The first-order valence-corrected chi connectivity index (χ1v) is 6.19. The van der Waals surface area contributed by atoms with E-state index in [1.54, 1.807) is 0 Å². The average molecular weight is 350 g/mol. The van der Waals surface area contributed by atoms with Gasteiger partial charge in [0.2, 0.25) is 0 Å². The first kappa shape index (κ1) is 12.7. The second kappa shape index (κ2) is 4.88. The van der Waals surface area contributed by atoms with E-state index in [0.717, 1.165) is 0 Å². The summed E-state index contributed by atoms with van der Waals surface area (Å²) < 4.78 is 6.19. The number of aliphatic hydroxyl groups is 2. The number of hydrogen-bond acceptors (Lipinski definition) is 5. The van der Waals surface area contributed by atoms with Crippen LogP contribution >= 0.6 is 22.6 Å². The lowest BCUT2D eigenvalue weighted by atomic mass is 10.2. The number of alkyl halides is 1. The third kappa shape index (κ3) is 2.30. The van der Waals surface area contributed by atoms with Gasteiger partial charge < -0.3 is 14.9 Å². The highest BCUT2D eigenvalue weighted by molar-refractivity contribution is 14.1. The van der Waals surface area contributed by atoms with E-state index in [9.17, 15) is 14.7 Å². The Labute approximate surface area is 109 Å². The summed E-state index contributed by atoms with van der Waals surface area (Å²) in [6, 6.07) is 1.20. The number of aromatic amines is 1. The molecule has 1 aliphatic rings. The summed E-state index contributed by atoms with van der Waals surface area (Å²) in [5, 5.41) is 18.8. The van der Waals surface area contributed by atoms with Crippen molar-refractivity contribution in [2.45, 2.75) is 22.4 Å². The van der Waals surface area contributed by atoms with Crippen molar-refractivity contribution in [2.24, 2.45) is 0 Å². The molecule has 0 spiro atoms. The molecule has 94 valence electrons. The predicted molar refractivity (Wildman–Crippen MR) is 66.1 cm³/mol. The van der Waals surface area contributed by atoms with Crippen molar-refractivity contribution in [2.75, 3.05) is 6.61 Å². The van der Waals surface area contributed by atoms with Crippen molar-refractivity contribution in [1.29, 1.82) is 0 Å². The summed E-state index contributed by atoms with van der Waals surface area (Å²) in [6.07, 6.45) is -0.971. The third-order valence-corrected chi connectivity index (χ3v) is 3.95. The Kier molecular flexibility index (Phi) is 3.66. The van der Waals surface area contributed by atoms with E-state index in [4.69, 9.17) is 9.84 Å². The fourth-order valence-electron chi connectivity index (χ4n) is 1.71. The summed E-state index contributed by atoms with van der Waals surface area (Å²) >= 11 is 1.95. The van der Waals surface area contributed by atoms with E-state index in [-0.39, 0.29) is 10.5 Å². The molecule has 0 aromatic carbocycles. The number of hydrogen-bond donors (Lipinski definition) is 3. The zero-order valence-electron chi connectivity index (χ0n) is 8.62. The molecule has 0 radical (unpaired) electrons. The van der Waals surface area contributed by atoms with Crippen molar-refractivity contribution in [3.8, 4) is 0 Å². The lowest BCUT2D eigenvalue weighted by Gasteiger charge is -2.16. The van der Waals surface area contributed by atoms with Crippen molar-refractivity contribution in [1.82, 2.24) is 9.55 Å². The summed E-state index contributed by atoms with van der Waals surface area (Å²) in [5.41, 5.74) is -1.09. The van der Waals surface area contributed by atoms with Gasteiger partial charge in [0, 0.05) is 12.3 Å². The van der Waals surface area contributed by atoms with Crippen LogP contribution in [-0.4, -0.2) is 42.5 Å². The van der Waals surface area contributed by atoms with Crippen LogP contribution in [0, 0.1) is 0 Å². The Morgan fingerprint density at radius 1 is 1.53 bits per heavy atom. The topological polar surface area (TPSA) is 105 Å². The van der Waals surface area contributed by atoms with Gasteiger partial charge in [0.25, 0.3) is 5.56 Å². The maximum Gasteiger partial charge on any atom is 0.330 e. The molecule has 3 N–H and O–H groups in total. The molecule has 17 heavy (non-hydrogen) atoms. The third-order valence-electron chi connectivity index (χ3n) is 2.60. The summed E-state index contributed by atoms with van der Waals surface area (Å²) in [7, 11) is 0. The molecule has 1 aromatic heterocycles. The Morgan fingerprint density at radius 3 is 2.76 bits per heavy atom. The second-order valence-electron chi connectivity index (χ2n) is 3.70. The maximum atomic E-state index is 11.6. The Morgan fingerprint density at radius 2 is 2.24 bits per heavy atom. The van der Waals surface area contributed by atoms with Crippen LogP contribution < -0.4 is 11.2 Å². The van der Waals surface area contributed by atoms with Gasteiger partial charge in [-0.05, 0) is 0 Å². The van der Waals surface area contributed by atoms with Crippen molar-refractivity contribution < 1.29 is 14.9 Å². The Hall–Kier alpha value is -0.710. The van der Waals surface area contributed by atoms with Crippen molar-refractivity contribution in [3.63, 3.8) is 0 Å². The predicted octanol–water partition coefficient (Wildman–Crippen LogP) is -1.41. The molecular formula is C9H11IN2O5. The number of nitrogens with one attached hydrogen (secondary N) is 1. The number of aromatic nitrogens is 2. The zero-order valence-corrected chi connectivity index (χ0v) is 10.8. The van der Waals surface area contributed by atoms with E-state index in [2.05, 4.69) is 4.98 Å². The number of H-pyrrole nitrogens is 1. The highest BCUT2D eigenvalue weighted by atomic mass is 123. The fraction of sp³-hybridized carbons (Fsp3) is 0.556. The van der Waals surface area contributed by atoms with Gasteiger partial charge in [0.1, 0.15) is 6.10 Å². The normalized spacial score (nSPS) is 32.9. The molecule has 8 heteroatoms. The minimum atomic E-state index is -0.857. The van der Waals surface area contributed by atoms with Gasteiger partial charge in [-0.3, -0.25) is 14.3 Å². The van der Waals surface area contributed by atoms with Crippen LogP contribution in [0.3, 0.4) is 0 Å². The monoisotopic (exact) mass is 350 g/mol. The van der Waals surface area contributed by atoms with Crippen LogP contribution in [0.5, 0.6) is 0 Å². The van der Waals surface area contributed by atoms with Crippen LogP contribution in [0.4, 0.5) is 0 Å². The molecule has 7 nitrogen and oxygen atoms in total. The summed E-state index contributed by atoms with van der Waals surface area (Å²) in [4.78, 5) is 24.6. The molecule has 0 amide bonds. The van der Waals surface area contributed by atoms with E-state index >= 15 is 0 Å².